The minimum atomic E-state index is -4.11. The highest BCUT2D eigenvalue weighted by atomic mass is 32.2. The lowest BCUT2D eigenvalue weighted by Gasteiger charge is -2.17. The molecule has 0 aliphatic carbocycles. The van der Waals surface area contributed by atoms with Crippen molar-refractivity contribution in [3.05, 3.63) is 88.5 Å². The van der Waals surface area contributed by atoms with Crippen LogP contribution in [-0.4, -0.2) is 26.6 Å². The lowest BCUT2D eigenvalue weighted by molar-refractivity contribution is 0.0698. The summed E-state index contributed by atoms with van der Waals surface area (Å²) in [6.07, 6.45) is 5.74. The molecule has 158 valence electrons. The van der Waals surface area contributed by atoms with E-state index in [-0.39, 0.29) is 16.1 Å². The molecule has 31 heavy (non-hydrogen) atoms. The number of ether oxygens (including phenoxy) is 1. The molecule has 2 N–H and O–H groups in total. The summed E-state index contributed by atoms with van der Waals surface area (Å²) in [6, 6.07) is 16.9. The number of carboxylic acids is 1. The van der Waals surface area contributed by atoms with Gasteiger partial charge in [-0.2, -0.15) is 0 Å². The van der Waals surface area contributed by atoms with Crippen molar-refractivity contribution in [3.63, 3.8) is 0 Å². The molecule has 0 amide bonds. The molecular formula is C24H21NO5S. The molecule has 0 unspecified atom stereocenters. The third-order valence-electron chi connectivity index (χ3n) is 4.76. The number of benzene rings is 3. The first-order valence-corrected chi connectivity index (χ1v) is 10.8. The molecule has 0 aromatic heterocycles. The van der Waals surface area contributed by atoms with Gasteiger partial charge in [-0.05, 0) is 60.4 Å². The number of aromatic carboxylic acids is 1. The van der Waals surface area contributed by atoms with E-state index < -0.39 is 16.0 Å². The van der Waals surface area contributed by atoms with E-state index in [0.29, 0.717) is 28.9 Å². The van der Waals surface area contributed by atoms with E-state index in [9.17, 15) is 18.3 Å². The predicted molar refractivity (Wildman–Crippen MR) is 119 cm³/mol. The summed E-state index contributed by atoms with van der Waals surface area (Å²) in [5, 5.41) is 9.58. The van der Waals surface area contributed by atoms with Gasteiger partial charge in [-0.15, -0.1) is 6.42 Å². The van der Waals surface area contributed by atoms with Crippen LogP contribution in [0.2, 0.25) is 0 Å². The normalized spacial score (nSPS) is 10.9. The summed E-state index contributed by atoms with van der Waals surface area (Å²) in [6.45, 7) is 1.60. The first-order chi connectivity index (χ1) is 14.7. The average Bonchev–Trinajstić information content (AvgIpc) is 2.75. The molecule has 6 nitrogen and oxygen atoms in total. The number of carboxylic acid groups (broad SMARTS) is 1. The molecule has 0 saturated carbocycles. The van der Waals surface area contributed by atoms with Crippen LogP contribution in [0.3, 0.4) is 0 Å². The molecular weight excluding hydrogens is 414 g/mol. The SMILES string of the molecule is C#Cc1cc(C)c(NS(=O)(=O)c2ccc(OC)cc2Cc2ccccc2)c(C(=O)O)c1. The number of hydrogen-bond acceptors (Lipinski definition) is 4. The molecule has 0 aliphatic heterocycles. The van der Waals surface area contributed by atoms with Crippen LogP contribution in [0.15, 0.2) is 65.6 Å². The zero-order valence-corrected chi connectivity index (χ0v) is 17.9. The van der Waals surface area contributed by atoms with Crippen LogP contribution >= 0.6 is 0 Å². The third kappa shape index (κ3) is 4.87. The molecule has 7 heteroatoms. The fourth-order valence-corrected chi connectivity index (χ4v) is 4.64. The average molecular weight is 436 g/mol. The summed E-state index contributed by atoms with van der Waals surface area (Å²) in [5.74, 6) is 1.62. The van der Waals surface area contributed by atoms with E-state index in [1.807, 2.05) is 30.3 Å². The number of nitrogens with one attached hydrogen (secondary N) is 1. The number of aryl methyl sites for hydroxylation is 1. The predicted octanol–water partition coefficient (Wildman–Crippen LogP) is 4.07. The van der Waals surface area contributed by atoms with Gasteiger partial charge in [-0.3, -0.25) is 4.72 Å². The molecule has 0 heterocycles. The molecule has 3 aromatic rings. The van der Waals surface area contributed by atoms with Gasteiger partial charge in [0.25, 0.3) is 10.0 Å². The summed E-state index contributed by atoms with van der Waals surface area (Å²) in [5.41, 5.74) is 1.98. The highest BCUT2D eigenvalue weighted by Crippen LogP contribution is 2.29. The second-order valence-corrected chi connectivity index (χ2v) is 8.56. The minimum absolute atomic E-state index is 0.0204. The van der Waals surface area contributed by atoms with Crippen molar-refractivity contribution in [1.29, 1.82) is 0 Å². The van der Waals surface area contributed by atoms with Crippen LogP contribution in [0.25, 0.3) is 0 Å². The van der Waals surface area contributed by atoms with Crippen LogP contribution in [0, 0.1) is 19.3 Å². The van der Waals surface area contributed by atoms with Crippen molar-refractivity contribution in [2.45, 2.75) is 18.2 Å². The first-order valence-electron chi connectivity index (χ1n) is 9.33. The van der Waals surface area contributed by atoms with Gasteiger partial charge in [0.1, 0.15) is 5.75 Å². The highest BCUT2D eigenvalue weighted by Gasteiger charge is 2.24. The number of terminal acetylenes is 1. The molecule has 0 fully saturated rings. The van der Waals surface area contributed by atoms with E-state index in [4.69, 9.17) is 11.2 Å². The van der Waals surface area contributed by atoms with Crippen molar-refractivity contribution < 1.29 is 23.1 Å². The monoisotopic (exact) mass is 435 g/mol. The number of anilines is 1. The molecule has 3 rings (SSSR count). The van der Waals surface area contributed by atoms with Crippen molar-refractivity contribution in [2.24, 2.45) is 0 Å². The first kappa shape index (κ1) is 21.9. The van der Waals surface area contributed by atoms with Crippen molar-refractivity contribution in [2.75, 3.05) is 11.8 Å². The number of sulfonamides is 1. The number of hydrogen-bond donors (Lipinski definition) is 2. The Morgan fingerprint density at radius 2 is 1.84 bits per heavy atom. The quantitative estimate of drug-likeness (QED) is 0.546. The highest BCUT2D eigenvalue weighted by molar-refractivity contribution is 7.92. The van der Waals surface area contributed by atoms with Gasteiger partial charge in [0, 0.05) is 5.56 Å². The second kappa shape index (κ2) is 8.94. The van der Waals surface area contributed by atoms with Gasteiger partial charge in [-0.25, -0.2) is 13.2 Å². The molecule has 0 saturated heterocycles. The fraction of sp³-hybridized carbons (Fsp3) is 0.125. The maximum absolute atomic E-state index is 13.3. The van der Waals surface area contributed by atoms with Gasteiger partial charge < -0.3 is 9.84 Å². The van der Waals surface area contributed by atoms with Gasteiger partial charge in [0.15, 0.2) is 0 Å². The minimum Gasteiger partial charge on any atom is -0.497 e. The Morgan fingerprint density at radius 1 is 1.13 bits per heavy atom. The maximum Gasteiger partial charge on any atom is 0.337 e. The molecule has 0 bridgehead atoms. The Labute approximate surface area is 181 Å². The second-order valence-electron chi connectivity index (χ2n) is 6.91. The summed E-state index contributed by atoms with van der Waals surface area (Å²) in [7, 11) is -2.60. The zero-order chi connectivity index (χ0) is 22.6. The molecule has 0 atom stereocenters. The Kier molecular flexibility index (Phi) is 6.33. The Bertz CT molecular complexity index is 1280. The van der Waals surface area contributed by atoms with E-state index in [2.05, 4.69) is 10.6 Å². The lowest BCUT2D eigenvalue weighted by atomic mass is 10.0. The lowest BCUT2D eigenvalue weighted by Crippen LogP contribution is -2.18. The maximum atomic E-state index is 13.3. The molecule has 0 aliphatic rings. The van der Waals surface area contributed by atoms with Crippen LogP contribution in [-0.2, 0) is 16.4 Å². The smallest absolute Gasteiger partial charge is 0.337 e. The number of carbonyl (C=O) groups is 1. The van der Waals surface area contributed by atoms with Gasteiger partial charge in [0.05, 0.1) is 23.3 Å². The Hall–Kier alpha value is -3.76. The van der Waals surface area contributed by atoms with E-state index >= 15 is 0 Å². The Morgan fingerprint density at radius 3 is 2.45 bits per heavy atom. The van der Waals surface area contributed by atoms with Crippen LogP contribution in [0.4, 0.5) is 5.69 Å². The standard InChI is InChI=1S/C24H21NO5S/c1-4-17-12-16(2)23(21(14-17)24(26)27)25-31(28,29)22-11-10-20(30-3)15-19(22)13-18-8-6-5-7-9-18/h1,5-12,14-15,25H,13H2,2-3H3,(H,26,27). The summed E-state index contributed by atoms with van der Waals surface area (Å²) < 4.78 is 34.3. The van der Waals surface area contributed by atoms with E-state index in [0.717, 1.165) is 5.56 Å². The molecule has 0 radical (unpaired) electrons. The largest absolute Gasteiger partial charge is 0.497 e. The van der Waals surface area contributed by atoms with Crippen LogP contribution < -0.4 is 9.46 Å². The number of rotatable bonds is 7. The van der Waals surface area contributed by atoms with Crippen molar-refractivity contribution >= 4 is 21.7 Å². The molecule has 3 aromatic carbocycles. The van der Waals surface area contributed by atoms with E-state index in [1.54, 1.807) is 25.1 Å². The van der Waals surface area contributed by atoms with Gasteiger partial charge in [0.2, 0.25) is 0 Å². The van der Waals surface area contributed by atoms with Gasteiger partial charge >= 0.3 is 5.97 Å². The molecule has 0 spiro atoms. The van der Waals surface area contributed by atoms with Crippen molar-refractivity contribution in [1.82, 2.24) is 0 Å². The Balaban J connectivity index is 2.09. The number of methoxy groups -OCH3 is 1. The van der Waals surface area contributed by atoms with Gasteiger partial charge in [-0.1, -0.05) is 36.3 Å². The third-order valence-corrected chi connectivity index (χ3v) is 6.21. The summed E-state index contributed by atoms with van der Waals surface area (Å²) in [4.78, 5) is 11.8. The summed E-state index contributed by atoms with van der Waals surface area (Å²) >= 11 is 0. The van der Waals surface area contributed by atoms with Crippen molar-refractivity contribution in [3.8, 4) is 18.1 Å². The fourth-order valence-electron chi connectivity index (χ4n) is 3.26. The van der Waals surface area contributed by atoms with Crippen LogP contribution in [0.1, 0.15) is 32.6 Å². The van der Waals surface area contributed by atoms with Crippen LogP contribution in [0.5, 0.6) is 5.75 Å². The van der Waals surface area contributed by atoms with E-state index in [1.165, 1.54) is 19.2 Å². The topological polar surface area (TPSA) is 92.7 Å². The zero-order valence-electron chi connectivity index (χ0n) is 17.0.